The van der Waals surface area contributed by atoms with E-state index in [0.717, 1.165) is 66.2 Å². The Labute approximate surface area is 367 Å². The lowest BCUT2D eigenvalue weighted by Gasteiger charge is -2.12. The van der Waals surface area contributed by atoms with Gasteiger partial charge in [0.15, 0.2) is 17.5 Å². The Hall–Kier alpha value is -8.74. The van der Waals surface area contributed by atoms with E-state index in [0.29, 0.717) is 23.2 Å². The second-order valence-corrected chi connectivity index (χ2v) is 16.3. The molecule has 0 unspecified atom stereocenters. The van der Waals surface area contributed by atoms with E-state index in [9.17, 15) is 0 Å². The van der Waals surface area contributed by atoms with Crippen LogP contribution in [0.25, 0.3) is 128 Å². The minimum Gasteiger partial charge on any atom is -0.438 e. The van der Waals surface area contributed by atoms with Crippen molar-refractivity contribution in [2.24, 2.45) is 0 Å². The number of rotatable bonds is 6. The maximum absolute atomic E-state index is 6.08. The number of furan rings is 1. The van der Waals surface area contributed by atoms with Crippen molar-refractivity contribution in [2.45, 2.75) is 0 Å². The van der Waals surface area contributed by atoms with E-state index in [4.69, 9.17) is 24.4 Å². The van der Waals surface area contributed by atoms with Gasteiger partial charge >= 0.3 is 0 Å². The van der Waals surface area contributed by atoms with Crippen molar-refractivity contribution in [2.75, 3.05) is 0 Å². The van der Waals surface area contributed by atoms with Crippen molar-refractivity contribution >= 4 is 65.4 Å². The molecule has 0 saturated heterocycles. The van der Waals surface area contributed by atoms with Crippen LogP contribution in [0.4, 0.5) is 0 Å². The summed E-state index contributed by atoms with van der Waals surface area (Å²) >= 11 is 0. The predicted molar refractivity (Wildman–Crippen MR) is 261 cm³/mol. The van der Waals surface area contributed by atoms with Crippen LogP contribution in [-0.2, 0) is 0 Å². The zero-order valence-corrected chi connectivity index (χ0v) is 34.4. The van der Waals surface area contributed by atoms with E-state index < -0.39 is 0 Å². The molecule has 0 saturated carbocycles. The summed E-state index contributed by atoms with van der Waals surface area (Å²) in [5, 5.41) is 9.11. The molecule has 6 nitrogen and oxygen atoms in total. The van der Waals surface area contributed by atoms with Crippen LogP contribution in [0.2, 0.25) is 0 Å². The van der Waals surface area contributed by atoms with Crippen LogP contribution in [0.15, 0.2) is 217 Å². The first-order chi connectivity index (χ1) is 31.7. The zero-order chi connectivity index (χ0) is 42.1. The zero-order valence-electron chi connectivity index (χ0n) is 34.4. The van der Waals surface area contributed by atoms with Gasteiger partial charge < -0.3 is 8.98 Å². The molecule has 64 heavy (non-hydrogen) atoms. The first-order valence-electron chi connectivity index (χ1n) is 21.4. The fraction of sp³-hybridized carbons (Fsp3) is 0. The third kappa shape index (κ3) is 6.03. The van der Waals surface area contributed by atoms with Crippen LogP contribution in [0.1, 0.15) is 0 Å². The van der Waals surface area contributed by atoms with Gasteiger partial charge in [-0.25, -0.2) is 19.9 Å². The Morgan fingerprint density at radius 3 is 1.75 bits per heavy atom. The lowest BCUT2D eigenvalue weighted by molar-refractivity contribution is 0.654. The predicted octanol–water partition coefficient (Wildman–Crippen LogP) is 14.9. The van der Waals surface area contributed by atoms with E-state index in [2.05, 4.69) is 187 Å². The minimum absolute atomic E-state index is 0.534. The topological polar surface area (TPSA) is 69.6 Å². The Morgan fingerprint density at radius 2 is 0.922 bits per heavy atom. The summed E-state index contributed by atoms with van der Waals surface area (Å²) in [6, 6.07) is 72.7. The van der Waals surface area contributed by atoms with Gasteiger partial charge in [-0.2, -0.15) is 0 Å². The molecule has 4 heterocycles. The first kappa shape index (κ1) is 36.0. The summed E-state index contributed by atoms with van der Waals surface area (Å²) in [5.74, 6) is 1.69. The van der Waals surface area contributed by atoms with Crippen molar-refractivity contribution in [3.8, 4) is 62.1 Å². The molecule has 0 bridgehead atoms. The second-order valence-electron chi connectivity index (χ2n) is 16.3. The van der Waals surface area contributed by atoms with Crippen molar-refractivity contribution in [1.82, 2.24) is 24.5 Å². The number of benzene rings is 9. The summed E-state index contributed by atoms with van der Waals surface area (Å²) in [7, 11) is 0. The van der Waals surface area contributed by atoms with Gasteiger partial charge in [-0.05, 0) is 104 Å². The molecule has 9 aromatic carbocycles. The highest BCUT2D eigenvalue weighted by molar-refractivity contribution is 6.13. The van der Waals surface area contributed by atoms with Gasteiger partial charge in [-0.1, -0.05) is 146 Å². The Morgan fingerprint density at radius 1 is 0.328 bits per heavy atom. The smallest absolute Gasteiger partial charge is 0.227 e. The number of fused-ring (bicyclic) bond motifs is 8. The van der Waals surface area contributed by atoms with Crippen LogP contribution >= 0.6 is 0 Å². The molecule has 6 heteroatoms. The number of hydrogen-bond donors (Lipinski definition) is 0. The van der Waals surface area contributed by atoms with E-state index in [-0.39, 0.29) is 0 Å². The maximum atomic E-state index is 6.08. The average molecular weight is 818 g/mol. The van der Waals surface area contributed by atoms with Crippen LogP contribution in [0, 0.1) is 0 Å². The molecule has 0 aliphatic rings. The molecule has 0 aliphatic heterocycles. The minimum atomic E-state index is 0.534. The standard InChI is InChI=1S/C58H35N5O/c1-2-11-36(12-3-1)42-23-21-38-22-24-44(31-45(38)30-42)56-60-55(61-57(62-56)46-33-51-49-18-7-9-20-54(49)64-58(51)59-35-46)43-16-10-15-39(29-43)37-25-27-47(28-26-37)63-52-19-8-6-17-48(52)50-32-40-13-4-5-14-41(40)34-53(50)63/h1-35H. The molecule has 0 amide bonds. The Kier molecular flexibility index (Phi) is 8.11. The summed E-state index contributed by atoms with van der Waals surface area (Å²) < 4.78 is 8.46. The number of nitrogens with zero attached hydrogens (tertiary/aromatic N) is 5. The molecule has 13 rings (SSSR count). The quantitative estimate of drug-likeness (QED) is 0.167. The molecule has 4 aromatic heterocycles. The number of pyridine rings is 1. The highest BCUT2D eigenvalue weighted by Crippen LogP contribution is 2.37. The maximum Gasteiger partial charge on any atom is 0.227 e. The highest BCUT2D eigenvalue weighted by atomic mass is 16.3. The summed E-state index contributed by atoms with van der Waals surface area (Å²) in [6.07, 6.45) is 1.79. The van der Waals surface area contributed by atoms with Gasteiger partial charge in [0, 0.05) is 50.1 Å². The van der Waals surface area contributed by atoms with Crippen LogP contribution in [-0.4, -0.2) is 24.5 Å². The van der Waals surface area contributed by atoms with E-state index in [1.807, 2.05) is 24.3 Å². The van der Waals surface area contributed by atoms with Gasteiger partial charge in [0.05, 0.1) is 11.0 Å². The van der Waals surface area contributed by atoms with Crippen LogP contribution < -0.4 is 0 Å². The molecule has 0 aliphatic carbocycles. The van der Waals surface area contributed by atoms with Gasteiger partial charge in [0.25, 0.3) is 0 Å². The molecule has 13 aromatic rings. The highest BCUT2D eigenvalue weighted by Gasteiger charge is 2.18. The third-order valence-corrected chi connectivity index (χ3v) is 12.5. The molecular weight excluding hydrogens is 783 g/mol. The number of para-hydroxylation sites is 2. The molecule has 298 valence electrons. The SMILES string of the molecule is c1ccc(-c2ccc3ccc(-c4nc(-c5cccc(-c6ccc(-n7c8ccccc8c8cc9ccccc9cc87)cc6)c5)nc(-c5cnc6oc7ccccc7c6c5)n4)cc3c2)cc1. The van der Waals surface area contributed by atoms with E-state index >= 15 is 0 Å². The lowest BCUT2D eigenvalue weighted by Crippen LogP contribution is -2.00. The van der Waals surface area contributed by atoms with E-state index in [1.54, 1.807) is 6.20 Å². The Bertz CT molecular complexity index is 3960. The summed E-state index contributed by atoms with van der Waals surface area (Å²) in [6.45, 7) is 0. The van der Waals surface area contributed by atoms with Crippen molar-refractivity contribution in [3.05, 3.63) is 212 Å². The van der Waals surface area contributed by atoms with Gasteiger partial charge in [-0.15, -0.1) is 0 Å². The number of aromatic nitrogens is 5. The number of hydrogen-bond acceptors (Lipinski definition) is 5. The summed E-state index contributed by atoms with van der Waals surface area (Å²) in [4.78, 5) is 20.2. The molecule has 0 fully saturated rings. The Balaban J connectivity index is 0.922. The normalized spacial score (nSPS) is 11.8. The van der Waals surface area contributed by atoms with Gasteiger partial charge in [0.2, 0.25) is 5.71 Å². The molecule has 0 spiro atoms. The fourth-order valence-corrected chi connectivity index (χ4v) is 9.26. The first-order valence-corrected chi connectivity index (χ1v) is 21.4. The van der Waals surface area contributed by atoms with Crippen molar-refractivity contribution in [1.29, 1.82) is 0 Å². The average Bonchev–Trinajstić information content (AvgIpc) is 3.90. The lowest BCUT2D eigenvalue weighted by atomic mass is 9.99. The molecule has 0 atom stereocenters. The summed E-state index contributed by atoms with van der Waals surface area (Å²) in [5.41, 5.74) is 11.9. The van der Waals surface area contributed by atoms with Gasteiger partial charge in [0.1, 0.15) is 5.58 Å². The fourth-order valence-electron chi connectivity index (χ4n) is 9.26. The van der Waals surface area contributed by atoms with Gasteiger partial charge in [-0.3, -0.25) is 0 Å². The van der Waals surface area contributed by atoms with Crippen LogP contribution in [0.5, 0.6) is 0 Å². The molecule has 0 radical (unpaired) electrons. The third-order valence-electron chi connectivity index (χ3n) is 12.5. The van der Waals surface area contributed by atoms with E-state index in [1.165, 1.54) is 38.1 Å². The molecule has 0 N–H and O–H groups in total. The monoisotopic (exact) mass is 817 g/mol. The van der Waals surface area contributed by atoms with Crippen molar-refractivity contribution in [3.63, 3.8) is 0 Å². The molecular formula is C58H35N5O. The van der Waals surface area contributed by atoms with Crippen molar-refractivity contribution < 1.29 is 4.42 Å². The van der Waals surface area contributed by atoms with Crippen LogP contribution in [0.3, 0.4) is 0 Å². The largest absolute Gasteiger partial charge is 0.438 e. The second kappa shape index (κ2) is 14.4.